The van der Waals surface area contributed by atoms with Crippen LogP contribution in [0.3, 0.4) is 0 Å². The van der Waals surface area contributed by atoms with Gasteiger partial charge in [-0.3, -0.25) is 4.90 Å². The molecular formula is C15H32N2S. The molecule has 1 fully saturated rings. The molecule has 0 aromatic heterocycles. The molecule has 1 aliphatic rings. The second-order valence-corrected chi connectivity index (χ2v) is 7.14. The molecule has 1 saturated heterocycles. The van der Waals surface area contributed by atoms with E-state index in [0.29, 0.717) is 0 Å². The summed E-state index contributed by atoms with van der Waals surface area (Å²) in [5.74, 6) is 2.62. The lowest BCUT2D eigenvalue weighted by atomic mass is 9.91. The van der Waals surface area contributed by atoms with Crippen LogP contribution >= 0.6 is 11.8 Å². The van der Waals surface area contributed by atoms with Crippen molar-refractivity contribution in [2.75, 3.05) is 25.1 Å². The van der Waals surface area contributed by atoms with Gasteiger partial charge in [-0.05, 0) is 32.6 Å². The highest BCUT2D eigenvalue weighted by molar-refractivity contribution is 7.99. The normalized spacial score (nSPS) is 23.5. The van der Waals surface area contributed by atoms with E-state index in [9.17, 15) is 0 Å². The third kappa shape index (κ3) is 4.75. The number of hydrogen-bond donors (Lipinski definition) is 1. The Morgan fingerprint density at radius 2 is 2.00 bits per heavy atom. The van der Waals surface area contributed by atoms with Gasteiger partial charge in [0.2, 0.25) is 0 Å². The number of nitrogens with two attached hydrogens (primary N) is 1. The minimum absolute atomic E-state index is 0.210. The van der Waals surface area contributed by atoms with Crippen molar-refractivity contribution in [1.29, 1.82) is 0 Å². The Morgan fingerprint density at radius 3 is 2.56 bits per heavy atom. The van der Waals surface area contributed by atoms with Crippen molar-refractivity contribution >= 4 is 11.8 Å². The van der Waals surface area contributed by atoms with Crippen LogP contribution in [0.2, 0.25) is 0 Å². The number of rotatable bonds is 9. The standard InChI is InChI=1S/C15H32N2S/c1-4-5-6-7-8-10-15(2,13-16)17(3)14-9-11-18-12-14/h14H,4-13,16H2,1-3H3. The number of unbranched alkanes of at least 4 members (excludes halogenated alkanes) is 4. The fraction of sp³-hybridized carbons (Fsp3) is 1.00. The Bertz CT molecular complexity index is 217. The zero-order chi connectivity index (χ0) is 13.4. The van der Waals surface area contributed by atoms with E-state index in [4.69, 9.17) is 5.73 Å². The average molecular weight is 273 g/mol. The monoisotopic (exact) mass is 272 g/mol. The maximum absolute atomic E-state index is 6.07. The van der Waals surface area contributed by atoms with Gasteiger partial charge < -0.3 is 5.73 Å². The smallest absolute Gasteiger partial charge is 0.0303 e. The van der Waals surface area contributed by atoms with E-state index in [1.165, 1.54) is 56.5 Å². The fourth-order valence-electron chi connectivity index (χ4n) is 2.80. The average Bonchev–Trinajstić information content (AvgIpc) is 2.91. The van der Waals surface area contributed by atoms with E-state index >= 15 is 0 Å². The highest BCUT2D eigenvalue weighted by Gasteiger charge is 2.33. The lowest BCUT2D eigenvalue weighted by molar-refractivity contribution is 0.0923. The summed E-state index contributed by atoms with van der Waals surface area (Å²) in [6.07, 6.45) is 9.40. The van der Waals surface area contributed by atoms with Crippen LogP contribution in [-0.2, 0) is 0 Å². The van der Waals surface area contributed by atoms with E-state index < -0.39 is 0 Å². The minimum atomic E-state index is 0.210. The van der Waals surface area contributed by atoms with E-state index in [1.807, 2.05) is 0 Å². The fourth-order valence-corrected chi connectivity index (χ4v) is 4.07. The first-order chi connectivity index (χ1) is 8.64. The third-order valence-electron chi connectivity index (χ3n) is 4.56. The molecule has 0 aromatic rings. The summed E-state index contributed by atoms with van der Waals surface area (Å²) in [4.78, 5) is 2.58. The molecule has 0 bridgehead atoms. The van der Waals surface area contributed by atoms with Crippen LogP contribution in [0, 0.1) is 0 Å². The van der Waals surface area contributed by atoms with Crippen molar-refractivity contribution in [3.05, 3.63) is 0 Å². The van der Waals surface area contributed by atoms with Gasteiger partial charge in [0.25, 0.3) is 0 Å². The zero-order valence-corrected chi connectivity index (χ0v) is 13.4. The van der Waals surface area contributed by atoms with Gasteiger partial charge in [0, 0.05) is 23.9 Å². The highest BCUT2D eigenvalue weighted by atomic mass is 32.2. The van der Waals surface area contributed by atoms with Crippen LogP contribution in [0.5, 0.6) is 0 Å². The van der Waals surface area contributed by atoms with Crippen LogP contribution in [0.1, 0.15) is 58.8 Å². The Hall–Kier alpha value is 0.270. The second kappa shape index (κ2) is 8.44. The van der Waals surface area contributed by atoms with E-state index in [-0.39, 0.29) is 5.54 Å². The molecule has 1 heterocycles. The van der Waals surface area contributed by atoms with Gasteiger partial charge in [0.15, 0.2) is 0 Å². The molecule has 2 N–H and O–H groups in total. The van der Waals surface area contributed by atoms with Crippen molar-refractivity contribution in [2.24, 2.45) is 5.73 Å². The van der Waals surface area contributed by atoms with Crippen LogP contribution in [0.15, 0.2) is 0 Å². The predicted octanol–water partition coefficient (Wildman–Crippen LogP) is 3.50. The number of hydrogen-bond acceptors (Lipinski definition) is 3. The van der Waals surface area contributed by atoms with Crippen molar-refractivity contribution in [1.82, 2.24) is 4.90 Å². The number of nitrogens with zero attached hydrogens (tertiary/aromatic N) is 1. The summed E-state index contributed by atoms with van der Waals surface area (Å²) in [6.45, 7) is 5.42. The molecule has 108 valence electrons. The molecule has 3 heteroatoms. The first kappa shape index (κ1) is 16.3. The first-order valence-corrected chi connectivity index (χ1v) is 8.80. The van der Waals surface area contributed by atoms with Crippen LogP contribution in [-0.4, -0.2) is 41.6 Å². The zero-order valence-electron chi connectivity index (χ0n) is 12.6. The Balaban J connectivity index is 2.35. The maximum atomic E-state index is 6.07. The van der Waals surface area contributed by atoms with Gasteiger partial charge in [-0.2, -0.15) is 11.8 Å². The van der Waals surface area contributed by atoms with Gasteiger partial charge in [0.1, 0.15) is 0 Å². The van der Waals surface area contributed by atoms with Crippen LogP contribution in [0.4, 0.5) is 0 Å². The molecule has 18 heavy (non-hydrogen) atoms. The molecule has 2 atom stereocenters. The molecule has 0 spiro atoms. The summed E-state index contributed by atoms with van der Waals surface area (Å²) in [5.41, 5.74) is 6.28. The van der Waals surface area contributed by atoms with Crippen molar-refractivity contribution in [3.8, 4) is 0 Å². The molecule has 0 radical (unpaired) electrons. The summed E-state index contributed by atoms with van der Waals surface area (Å²) in [6, 6.07) is 0.749. The SMILES string of the molecule is CCCCCCCC(C)(CN)N(C)C1CCSC1. The molecular weight excluding hydrogens is 240 g/mol. The van der Waals surface area contributed by atoms with Crippen molar-refractivity contribution in [3.63, 3.8) is 0 Å². The number of thioether (sulfide) groups is 1. The molecule has 0 aromatic carbocycles. The molecule has 1 rings (SSSR count). The molecule has 1 aliphatic heterocycles. The lowest BCUT2D eigenvalue weighted by Crippen LogP contribution is -2.54. The summed E-state index contributed by atoms with van der Waals surface area (Å²) in [7, 11) is 2.29. The van der Waals surface area contributed by atoms with Gasteiger partial charge in [0.05, 0.1) is 0 Å². The van der Waals surface area contributed by atoms with Gasteiger partial charge in [-0.15, -0.1) is 0 Å². The number of likely N-dealkylation sites (N-methyl/N-ethyl adjacent to an activating group) is 1. The first-order valence-electron chi connectivity index (χ1n) is 7.65. The van der Waals surface area contributed by atoms with Gasteiger partial charge >= 0.3 is 0 Å². The Labute approximate surface area is 118 Å². The van der Waals surface area contributed by atoms with Crippen molar-refractivity contribution < 1.29 is 0 Å². The molecule has 2 unspecified atom stereocenters. The Kier molecular flexibility index (Phi) is 7.66. The predicted molar refractivity (Wildman–Crippen MR) is 84.3 cm³/mol. The van der Waals surface area contributed by atoms with Crippen LogP contribution < -0.4 is 5.73 Å². The third-order valence-corrected chi connectivity index (χ3v) is 5.71. The largest absolute Gasteiger partial charge is 0.329 e. The van der Waals surface area contributed by atoms with E-state index in [1.54, 1.807) is 0 Å². The van der Waals surface area contributed by atoms with E-state index in [0.717, 1.165) is 12.6 Å². The highest BCUT2D eigenvalue weighted by Crippen LogP contribution is 2.29. The van der Waals surface area contributed by atoms with Crippen LogP contribution in [0.25, 0.3) is 0 Å². The summed E-state index contributed by atoms with van der Waals surface area (Å²) >= 11 is 2.09. The molecule has 0 amide bonds. The van der Waals surface area contributed by atoms with Gasteiger partial charge in [-0.1, -0.05) is 39.0 Å². The lowest BCUT2D eigenvalue weighted by Gasteiger charge is -2.42. The minimum Gasteiger partial charge on any atom is -0.329 e. The Morgan fingerprint density at radius 1 is 1.28 bits per heavy atom. The molecule has 0 aliphatic carbocycles. The van der Waals surface area contributed by atoms with E-state index in [2.05, 4.69) is 37.6 Å². The molecule has 2 nitrogen and oxygen atoms in total. The summed E-state index contributed by atoms with van der Waals surface area (Å²) < 4.78 is 0. The quantitative estimate of drug-likeness (QED) is 0.651. The second-order valence-electron chi connectivity index (χ2n) is 5.99. The maximum Gasteiger partial charge on any atom is 0.0303 e. The van der Waals surface area contributed by atoms with Gasteiger partial charge in [-0.25, -0.2) is 0 Å². The topological polar surface area (TPSA) is 29.3 Å². The molecule has 0 saturated carbocycles. The summed E-state index contributed by atoms with van der Waals surface area (Å²) in [5, 5.41) is 0. The van der Waals surface area contributed by atoms with Crippen molar-refractivity contribution in [2.45, 2.75) is 70.4 Å².